The van der Waals surface area contributed by atoms with Crippen molar-refractivity contribution >= 4 is 11.9 Å². The van der Waals surface area contributed by atoms with Gasteiger partial charge in [-0.1, -0.05) is 61.5 Å². The molecule has 7 nitrogen and oxygen atoms in total. The van der Waals surface area contributed by atoms with Crippen LogP contribution in [-0.4, -0.2) is 33.2 Å². The Morgan fingerprint density at radius 3 is 2.22 bits per heavy atom. The van der Waals surface area contributed by atoms with Crippen molar-refractivity contribution in [2.45, 2.75) is 32.0 Å². The molecule has 10 heteroatoms. The van der Waals surface area contributed by atoms with Gasteiger partial charge in [0.05, 0.1) is 5.92 Å². The van der Waals surface area contributed by atoms with Crippen LogP contribution >= 0.6 is 0 Å². The number of hydrogen-bond acceptors (Lipinski definition) is 5. The summed E-state index contributed by atoms with van der Waals surface area (Å²) in [4.78, 5) is 23.6. The van der Waals surface area contributed by atoms with Crippen molar-refractivity contribution in [3.8, 4) is 11.1 Å². The van der Waals surface area contributed by atoms with E-state index in [9.17, 15) is 27.9 Å². The molecule has 1 heterocycles. The summed E-state index contributed by atoms with van der Waals surface area (Å²) in [6.45, 7) is 1.48. The highest BCUT2D eigenvalue weighted by molar-refractivity contribution is 5.89. The Balaban J connectivity index is 1.74. The number of alkyl halides is 3. The number of benzene rings is 2. The average Bonchev–Trinajstić information content (AvgIpc) is 3.26. The number of rotatable bonds is 8. The molecule has 1 amide bonds. The van der Waals surface area contributed by atoms with Crippen molar-refractivity contribution in [3.63, 3.8) is 0 Å². The van der Waals surface area contributed by atoms with E-state index in [1.165, 1.54) is 6.92 Å². The molecule has 2 N–H and O–H groups in total. The van der Waals surface area contributed by atoms with Crippen molar-refractivity contribution in [1.82, 2.24) is 15.5 Å². The minimum Gasteiger partial charge on any atom is -0.481 e. The fourth-order valence-corrected chi connectivity index (χ4v) is 3.15. The highest BCUT2D eigenvalue weighted by Crippen LogP contribution is 2.27. The summed E-state index contributed by atoms with van der Waals surface area (Å²) in [5.41, 5.74) is 2.83. The molecule has 32 heavy (non-hydrogen) atoms. The predicted molar refractivity (Wildman–Crippen MR) is 108 cm³/mol. The normalized spacial score (nSPS) is 13.4. The molecule has 2 atom stereocenters. The summed E-state index contributed by atoms with van der Waals surface area (Å²) in [5, 5.41) is 17.7. The van der Waals surface area contributed by atoms with Crippen LogP contribution in [0.1, 0.15) is 35.5 Å². The van der Waals surface area contributed by atoms with Crippen LogP contribution in [-0.2, 0) is 17.4 Å². The number of carbonyl (C=O) groups excluding carboxylic acids is 1. The maximum atomic E-state index is 12.6. The lowest BCUT2D eigenvalue weighted by molar-refractivity contribution is -0.157. The van der Waals surface area contributed by atoms with Gasteiger partial charge in [0.25, 0.3) is 0 Å². The van der Waals surface area contributed by atoms with Crippen LogP contribution in [0.25, 0.3) is 11.1 Å². The molecule has 0 saturated carbocycles. The number of amides is 1. The quantitative estimate of drug-likeness (QED) is 0.536. The summed E-state index contributed by atoms with van der Waals surface area (Å²) >= 11 is 0. The smallest absolute Gasteiger partial charge is 0.470 e. The van der Waals surface area contributed by atoms with Gasteiger partial charge in [-0.05, 0) is 29.5 Å². The van der Waals surface area contributed by atoms with Crippen molar-refractivity contribution in [2.24, 2.45) is 5.92 Å². The standard InChI is InChI=1S/C22H20F3N3O4/c1-13(20(30)31)11-17(26-18(29)19-27-28-21(32-19)22(23,24)25)12-14-7-9-16(10-8-14)15-5-3-2-4-6-15/h2-10,13,17H,11-12H2,1H3,(H,26,29)(H,30,31)/t13-,17?/m1/s1. The van der Waals surface area contributed by atoms with E-state index >= 15 is 0 Å². The number of aliphatic carboxylic acids is 1. The lowest BCUT2D eigenvalue weighted by Crippen LogP contribution is -2.38. The summed E-state index contributed by atoms with van der Waals surface area (Å²) in [7, 11) is 0. The zero-order valence-corrected chi connectivity index (χ0v) is 17.0. The molecular formula is C22H20F3N3O4. The Kier molecular flexibility index (Phi) is 6.92. The highest BCUT2D eigenvalue weighted by Gasteiger charge is 2.39. The number of hydrogen-bond donors (Lipinski definition) is 2. The Bertz CT molecular complexity index is 1070. The molecule has 0 aliphatic carbocycles. The van der Waals surface area contributed by atoms with Gasteiger partial charge in [-0.2, -0.15) is 13.2 Å². The van der Waals surface area contributed by atoms with Gasteiger partial charge in [0.2, 0.25) is 0 Å². The van der Waals surface area contributed by atoms with Crippen LogP contribution in [0.3, 0.4) is 0 Å². The molecule has 0 saturated heterocycles. The number of halogens is 3. The third-order valence-electron chi connectivity index (χ3n) is 4.80. The van der Waals surface area contributed by atoms with Crippen LogP contribution in [0.15, 0.2) is 59.0 Å². The molecule has 0 spiro atoms. The van der Waals surface area contributed by atoms with E-state index in [-0.39, 0.29) is 12.8 Å². The van der Waals surface area contributed by atoms with E-state index in [0.29, 0.717) is 0 Å². The molecule has 0 radical (unpaired) electrons. The fourth-order valence-electron chi connectivity index (χ4n) is 3.15. The minimum atomic E-state index is -4.87. The maximum Gasteiger partial charge on any atom is 0.470 e. The molecule has 3 aromatic rings. The zero-order chi connectivity index (χ0) is 23.3. The van der Waals surface area contributed by atoms with Gasteiger partial charge >= 0.3 is 29.8 Å². The minimum absolute atomic E-state index is 0.0573. The van der Waals surface area contributed by atoms with Gasteiger partial charge < -0.3 is 14.8 Å². The first-order chi connectivity index (χ1) is 15.1. The Morgan fingerprint density at radius 2 is 1.66 bits per heavy atom. The van der Waals surface area contributed by atoms with E-state index < -0.39 is 41.8 Å². The van der Waals surface area contributed by atoms with Crippen LogP contribution in [0.5, 0.6) is 0 Å². The second-order valence-corrected chi connectivity index (χ2v) is 7.32. The number of carboxylic acid groups (broad SMARTS) is 1. The molecule has 3 rings (SSSR count). The molecule has 0 fully saturated rings. The third-order valence-corrected chi connectivity index (χ3v) is 4.80. The highest BCUT2D eigenvalue weighted by atomic mass is 19.4. The predicted octanol–water partition coefficient (Wildman–Crippen LogP) is 4.21. The first-order valence-corrected chi connectivity index (χ1v) is 9.72. The van der Waals surface area contributed by atoms with Gasteiger partial charge in [0, 0.05) is 6.04 Å². The number of nitrogens with zero attached hydrogens (tertiary/aromatic N) is 2. The maximum absolute atomic E-state index is 12.6. The molecule has 2 aromatic carbocycles. The van der Waals surface area contributed by atoms with Gasteiger partial charge in [-0.3, -0.25) is 9.59 Å². The number of carbonyl (C=O) groups is 2. The average molecular weight is 447 g/mol. The first kappa shape index (κ1) is 23.0. The third kappa shape index (κ3) is 5.93. The van der Waals surface area contributed by atoms with Gasteiger partial charge in [-0.25, -0.2) is 0 Å². The first-order valence-electron chi connectivity index (χ1n) is 9.72. The van der Waals surface area contributed by atoms with Crippen molar-refractivity contribution < 1.29 is 32.3 Å². The molecule has 0 bridgehead atoms. The van der Waals surface area contributed by atoms with E-state index in [4.69, 9.17) is 0 Å². The Morgan fingerprint density at radius 1 is 1.03 bits per heavy atom. The summed E-state index contributed by atoms with van der Waals surface area (Å²) in [6.07, 6.45) is -4.55. The second kappa shape index (κ2) is 9.63. The van der Waals surface area contributed by atoms with Crippen LogP contribution in [0, 0.1) is 5.92 Å². The van der Waals surface area contributed by atoms with E-state index in [1.807, 2.05) is 54.6 Å². The molecule has 1 aromatic heterocycles. The summed E-state index contributed by atoms with van der Waals surface area (Å²) in [6, 6.07) is 16.5. The topological polar surface area (TPSA) is 105 Å². The van der Waals surface area contributed by atoms with E-state index in [1.54, 1.807) is 0 Å². The molecule has 1 unspecified atom stereocenters. The van der Waals surface area contributed by atoms with Crippen molar-refractivity contribution in [1.29, 1.82) is 0 Å². The van der Waals surface area contributed by atoms with Crippen molar-refractivity contribution in [2.75, 3.05) is 0 Å². The lowest BCUT2D eigenvalue weighted by Gasteiger charge is -2.20. The zero-order valence-electron chi connectivity index (χ0n) is 17.0. The molecule has 0 aliphatic heterocycles. The fraction of sp³-hybridized carbons (Fsp3) is 0.273. The lowest BCUT2D eigenvalue weighted by atomic mass is 9.95. The number of aromatic nitrogens is 2. The van der Waals surface area contributed by atoms with Gasteiger partial charge in [0.1, 0.15) is 0 Å². The SMILES string of the molecule is C[C@H](CC(Cc1ccc(-c2ccccc2)cc1)NC(=O)c1nnc(C(F)(F)F)o1)C(=O)O. The number of nitrogens with one attached hydrogen (secondary N) is 1. The molecular weight excluding hydrogens is 427 g/mol. The largest absolute Gasteiger partial charge is 0.481 e. The van der Waals surface area contributed by atoms with Gasteiger partial charge in [0.15, 0.2) is 0 Å². The molecule has 168 valence electrons. The van der Waals surface area contributed by atoms with E-state index in [0.717, 1.165) is 16.7 Å². The summed E-state index contributed by atoms with van der Waals surface area (Å²) < 4.78 is 42.3. The number of carboxylic acids is 1. The Labute approximate surface area is 181 Å². The monoisotopic (exact) mass is 447 g/mol. The van der Waals surface area contributed by atoms with Crippen molar-refractivity contribution in [3.05, 3.63) is 71.9 Å². The van der Waals surface area contributed by atoms with Crippen LogP contribution < -0.4 is 5.32 Å². The van der Waals surface area contributed by atoms with E-state index in [2.05, 4.69) is 19.9 Å². The van der Waals surface area contributed by atoms with Crippen LogP contribution in [0.4, 0.5) is 13.2 Å². The summed E-state index contributed by atoms with van der Waals surface area (Å²) in [5.74, 6) is -5.33. The molecule has 0 aliphatic rings. The van der Waals surface area contributed by atoms with Gasteiger partial charge in [-0.15, -0.1) is 10.2 Å². The Hall–Kier alpha value is -3.69. The second-order valence-electron chi connectivity index (χ2n) is 7.32. The van der Waals surface area contributed by atoms with Crippen LogP contribution in [0.2, 0.25) is 0 Å².